The maximum absolute atomic E-state index is 10.1. The number of halogens is 1. The van der Waals surface area contributed by atoms with Crippen LogP contribution in [0.15, 0.2) is 29.3 Å². The zero-order valence-electron chi connectivity index (χ0n) is 10.3. The van der Waals surface area contributed by atoms with Gasteiger partial charge in [-0.2, -0.15) is 0 Å². The molecular formula is C14H18ClNO2. The number of ether oxygens (including phenoxy) is 1. The molecule has 4 atom stereocenters. The lowest BCUT2D eigenvalue weighted by Gasteiger charge is -2.41. The highest BCUT2D eigenvalue weighted by molar-refractivity contribution is 5.85. The van der Waals surface area contributed by atoms with Crippen molar-refractivity contribution in [1.82, 2.24) is 0 Å². The van der Waals surface area contributed by atoms with Crippen molar-refractivity contribution in [2.24, 2.45) is 4.99 Å². The largest absolute Gasteiger partial charge is 0.390 e. The highest BCUT2D eigenvalue weighted by Gasteiger charge is 2.41. The number of aliphatic imine (C=N–C) groups is 1. The van der Waals surface area contributed by atoms with Crippen molar-refractivity contribution in [3.8, 4) is 0 Å². The Bertz CT molecular complexity index is 449. The SMILES string of the molecule is COC1C(O)CCC2N=Cc3ccccc3C21.Cl. The van der Waals surface area contributed by atoms with Crippen LogP contribution in [-0.4, -0.2) is 36.7 Å². The average Bonchev–Trinajstić information content (AvgIpc) is 2.38. The molecule has 0 saturated heterocycles. The summed E-state index contributed by atoms with van der Waals surface area (Å²) in [7, 11) is 1.68. The van der Waals surface area contributed by atoms with Gasteiger partial charge in [-0.3, -0.25) is 4.99 Å². The van der Waals surface area contributed by atoms with E-state index in [0.717, 1.165) is 18.4 Å². The Labute approximate surface area is 113 Å². The normalized spacial score (nSPS) is 33.2. The van der Waals surface area contributed by atoms with Crippen LogP contribution in [0.1, 0.15) is 29.9 Å². The topological polar surface area (TPSA) is 41.8 Å². The van der Waals surface area contributed by atoms with Crippen LogP contribution in [0.3, 0.4) is 0 Å². The maximum Gasteiger partial charge on any atom is 0.0919 e. The Morgan fingerprint density at radius 3 is 2.83 bits per heavy atom. The lowest BCUT2D eigenvalue weighted by molar-refractivity contribution is -0.0543. The summed E-state index contributed by atoms with van der Waals surface area (Å²) in [6.45, 7) is 0. The van der Waals surface area contributed by atoms with Gasteiger partial charge < -0.3 is 9.84 Å². The van der Waals surface area contributed by atoms with Crippen molar-refractivity contribution in [2.75, 3.05) is 7.11 Å². The number of rotatable bonds is 1. The molecule has 18 heavy (non-hydrogen) atoms. The second kappa shape index (κ2) is 5.39. The first-order valence-electron chi connectivity index (χ1n) is 6.14. The van der Waals surface area contributed by atoms with Gasteiger partial charge >= 0.3 is 0 Å². The molecule has 0 bridgehead atoms. The molecule has 0 radical (unpaired) electrons. The van der Waals surface area contributed by atoms with Crippen LogP contribution in [0.5, 0.6) is 0 Å². The van der Waals surface area contributed by atoms with Gasteiger partial charge in [0.1, 0.15) is 0 Å². The quantitative estimate of drug-likeness (QED) is 0.847. The predicted molar refractivity (Wildman–Crippen MR) is 73.9 cm³/mol. The number of nitrogens with zero attached hydrogens (tertiary/aromatic N) is 1. The van der Waals surface area contributed by atoms with Crippen LogP contribution in [0.25, 0.3) is 0 Å². The number of methoxy groups -OCH3 is 1. The number of hydrogen-bond donors (Lipinski definition) is 1. The monoisotopic (exact) mass is 267 g/mol. The lowest BCUT2D eigenvalue weighted by Crippen LogP contribution is -2.45. The zero-order valence-corrected chi connectivity index (χ0v) is 11.1. The molecule has 1 aliphatic carbocycles. The molecule has 2 aliphatic rings. The van der Waals surface area contributed by atoms with Crippen molar-refractivity contribution in [3.63, 3.8) is 0 Å². The van der Waals surface area contributed by atoms with Crippen molar-refractivity contribution in [3.05, 3.63) is 35.4 Å². The molecule has 3 nitrogen and oxygen atoms in total. The molecule has 0 amide bonds. The minimum atomic E-state index is -0.373. The van der Waals surface area contributed by atoms with Gasteiger partial charge in [-0.1, -0.05) is 24.3 Å². The van der Waals surface area contributed by atoms with E-state index in [9.17, 15) is 5.11 Å². The Kier molecular flexibility index (Phi) is 4.05. The Morgan fingerprint density at radius 1 is 1.28 bits per heavy atom. The molecule has 3 rings (SSSR count). The number of benzene rings is 1. The number of aliphatic hydroxyl groups is 1. The molecule has 0 spiro atoms. The molecule has 4 unspecified atom stereocenters. The summed E-state index contributed by atoms with van der Waals surface area (Å²) in [6, 6.07) is 8.53. The first kappa shape index (κ1) is 13.5. The highest BCUT2D eigenvalue weighted by atomic mass is 35.5. The lowest BCUT2D eigenvalue weighted by atomic mass is 9.74. The fraction of sp³-hybridized carbons (Fsp3) is 0.500. The molecule has 1 aromatic rings. The van der Waals surface area contributed by atoms with Crippen LogP contribution in [0.4, 0.5) is 0 Å². The summed E-state index contributed by atoms with van der Waals surface area (Å²) in [6.07, 6.45) is 3.17. The van der Waals surface area contributed by atoms with E-state index in [1.807, 2.05) is 18.3 Å². The molecule has 4 heteroatoms. The molecule has 1 aromatic carbocycles. The third-order valence-corrected chi connectivity index (χ3v) is 3.94. The number of aliphatic hydroxyl groups excluding tert-OH is 1. The van der Waals surface area contributed by atoms with Crippen LogP contribution < -0.4 is 0 Å². The van der Waals surface area contributed by atoms with E-state index >= 15 is 0 Å². The van der Waals surface area contributed by atoms with Gasteiger partial charge in [-0.05, 0) is 24.0 Å². The minimum absolute atomic E-state index is 0. The molecule has 1 saturated carbocycles. The maximum atomic E-state index is 10.1. The van der Waals surface area contributed by atoms with Gasteiger partial charge in [0, 0.05) is 19.2 Å². The summed E-state index contributed by atoms with van der Waals surface area (Å²) in [5.74, 6) is 0.199. The molecular weight excluding hydrogens is 250 g/mol. The Hall–Kier alpha value is -0.900. The molecule has 1 heterocycles. The Balaban J connectivity index is 0.00000120. The van der Waals surface area contributed by atoms with Gasteiger partial charge in [0.25, 0.3) is 0 Å². The first-order chi connectivity index (χ1) is 8.31. The van der Waals surface area contributed by atoms with E-state index in [2.05, 4.69) is 17.1 Å². The summed E-state index contributed by atoms with van der Waals surface area (Å²) >= 11 is 0. The molecule has 1 fully saturated rings. The standard InChI is InChI=1S/C14H17NO2.ClH/c1-17-14-12(16)7-6-11-13(14)10-5-3-2-4-9(10)8-15-11;/h2-5,8,11-14,16H,6-7H2,1H3;1H. The second-order valence-electron chi connectivity index (χ2n) is 4.85. The van der Waals surface area contributed by atoms with E-state index in [1.54, 1.807) is 7.11 Å². The van der Waals surface area contributed by atoms with Crippen molar-refractivity contribution < 1.29 is 9.84 Å². The van der Waals surface area contributed by atoms with Gasteiger partial charge in [0.05, 0.1) is 18.2 Å². The fourth-order valence-corrected chi connectivity index (χ4v) is 3.11. The molecule has 98 valence electrons. The molecule has 1 N–H and O–H groups in total. The summed E-state index contributed by atoms with van der Waals surface area (Å²) in [5, 5.41) is 10.1. The van der Waals surface area contributed by atoms with Crippen molar-refractivity contribution in [1.29, 1.82) is 0 Å². The summed E-state index contributed by atoms with van der Waals surface area (Å²) < 4.78 is 5.51. The van der Waals surface area contributed by atoms with E-state index < -0.39 is 0 Å². The van der Waals surface area contributed by atoms with E-state index in [1.165, 1.54) is 5.56 Å². The fourth-order valence-electron chi connectivity index (χ4n) is 3.11. The minimum Gasteiger partial charge on any atom is -0.390 e. The van der Waals surface area contributed by atoms with Crippen LogP contribution in [0, 0.1) is 0 Å². The zero-order chi connectivity index (χ0) is 11.8. The van der Waals surface area contributed by atoms with Gasteiger partial charge in [0.2, 0.25) is 0 Å². The first-order valence-corrected chi connectivity index (χ1v) is 6.14. The Morgan fingerprint density at radius 2 is 2.06 bits per heavy atom. The summed E-state index contributed by atoms with van der Waals surface area (Å²) in [4.78, 5) is 4.61. The van der Waals surface area contributed by atoms with E-state index in [-0.39, 0.29) is 36.6 Å². The van der Waals surface area contributed by atoms with Gasteiger partial charge in [-0.15, -0.1) is 12.4 Å². The smallest absolute Gasteiger partial charge is 0.0919 e. The van der Waals surface area contributed by atoms with E-state index in [0.29, 0.717) is 0 Å². The van der Waals surface area contributed by atoms with Crippen molar-refractivity contribution >= 4 is 18.6 Å². The molecule has 0 aromatic heterocycles. The highest BCUT2D eigenvalue weighted by Crippen LogP contribution is 2.40. The van der Waals surface area contributed by atoms with Crippen LogP contribution >= 0.6 is 12.4 Å². The van der Waals surface area contributed by atoms with Crippen molar-refractivity contribution in [2.45, 2.75) is 37.0 Å². The third-order valence-electron chi connectivity index (χ3n) is 3.94. The number of fused-ring (bicyclic) bond motifs is 3. The number of hydrogen-bond acceptors (Lipinski definition) is 3. The van der Waals surface area contributed by atoms with Gasteiger partial charge in [0.15, 0.2) is 0 Å². The second-order valence-corrected chi connectivity index (χ2v) is 4.85. The van der Waals surface area contributed by atoms with Crippen LogP contribution in [0.2, 0.25) is 0 Å². The summed E-state index contributed by atoms with van der Waals surface area (Å²) in [5.41, 5.74) is 2.42. The molecule has 1 aliphatic heterocycles. The third kappa shape index (κ3) is 2.07. The van der Waals surface area contributed by atoms with Crippen LogP contribution in [-0.2, 0) is 4.74 Å². The van der Waals surface area contributed by atoms with E-state index in [4.69, 9.17) is 4.74 Å². The van der Waals surface area contributed by atoms with Gasteiger partial charge in [-0.25, -0.2) is 0 Å². The predicted octanol–water partition coefficient (Wildman–Crippen LogP) is 2.16. The average molecular weight is 268 g/mol.